The van der Waals surface area contributed by atoms with E-state index in [-0.39, 0.29) is 5.84 Å². The Morgan fingerprint density at radius 1 is 1.32 bits per heavy atom. The van der Waals surface area contributed by atoms with Crippen molar-refractivity contribution in [3.63, 3.8) is 0 Å². The van der Waals surface area contributed by atoms with Crippen LogP contribution in [0.5, 0.6) is 0 Å². The van der Waals surface area contributed by atoms with Crippen LogP contribution in [0, 0.1) is 19.3 Å². The molecule has 0 radical (unpaired) electrons. The van der Waals surface area contributed by atoms with E-state index in [2.05, 4.69) is 10.1 Å². The van der Waals surface area contributed by atoms with Gasteiger partial charge < -0.3 is 5.73 Å². The summed E-state index contributed by atoms with van der Waals surface area (Å²) in [6.07, 6.45) is 0. The zero-order valence-electron chi connectivity index (χ0n) is 10.5. The van der Waals surface area contributed by atoms with Gasteiger partial charge in [0, 0.05) is 5.56 Å². The highest BCUT2D eigenvalue weighted by Crippen LogP contribution is 2.28. The summed E-state index contributed by atoms with van der Waals surface area (Å²) < 4.78 is 1.74. The minimum absolute atomic E-state index is 0.159. The number of rotatable bonds is 1. The molecule has 3 N–H and O–H groups in total. The molecule has 0 fully saturated rings. The Balaban J connectivity index is 2.30. The second kappa shape index (κ2) is 3.93. The van der Waals surface area contributed by atoms with Gasteiger partial charge in [0.25, 0.3) is 0 Å². The van der Waals surface area contributed by atoms with E-state index in [9.17, 15) is 0 Å². The number of aryl methyl sites for hydroxylation is 1. The topological polar surface area (TPSA) is 80.0 Å². The summed E-state index contributed by atoms with van der Waals surface area (Å²) in [5.74, 6) is 0.529. The zero-order valence-corrected chi connectivity index (χ0v) is 11.3. The number of hydrogen-bond donors (Lipinski definition) is 2. The van der Waals surface area contributed by atoms with Gasteiger partial charge in [0.1, 0.15) is 5.84 Å². The lowest BCUT2D eigenvalue weighted by atomic mass is 10.1. The number of aliphatic imine (C=N–C) groups is 1. The molecule has 5 nitrogen and oxygen atoms in total. The molecule has 2 aromatic rings. The molecule has 1 aliphatic heterocycles. The summed E-state index contributed by atoms with van der Waals surface area (Å²) in [5.41, 5.74) is 9.65. The van der Waals surface area contributed by atoms with E-state index in [4.69, 9.17) is 22.7 Å². The Kier molecular flexibility index (Phi) is 2.46. The summed E-state index contributed by atoms with van der Waals surface area (Å²) in [6.45, 7) is 3.75. The molecule has 19 heavy (non-hydrogen) atoms. The first-order valence-corrected chi connectivity index (χ1v) is 6.17. The first-order chi connectivity index (χ1) is 9.00. The second-order valence-corrected chi connectivity index (χ2v) is 4.82. The van der Waals surface area contributed by atoms with E-state index >= 15 is 0 Å². The van der Waals surface area contributed by atoms with Crippen molar-refractivity contribution in [2.75, 3.05) is 0 Å². The van der Waals surface area contributed by atoms with Gasteiger partial charge >= 0.3 is 0 Å². The Labute approximate surface area is 115 Å². The number of amidine groups is 2. The maximum atomic E-state index is 7.94. The molecule has 0 aliphatic carbocycles. The fourth-order valence-electron chi connectivity index (χ4n) is 2.27. The van der Waals surface area contributed by atoms with Gasteiger partial charge in [-0.1, -0.05) is 23.7 Å². The van der Waals surface area contributed by atoms with Crippen LogP contribution < -0.4 is 5.73 Å². The molecule has 0 saturated carbocycles. The van der Waals surface area contributed by atoms with Gasteiger partial charge in [-0.2, -0.15) is 5.10 Å². The van der Waals surface area contributed by atoms with Crippen LogP contribution in [-0.4, -0.2) is 21.5 Å². The molecule has 0 unspecified atom stereocenters. The normalized spacial score (nSPS) is 13.6. The number of halogens is 1. The summed E-state index contributed by atoms with van der Waals surface area (Å²) in [6, 6.07) is 5.61. The van der Waals surface area contributed by atoms with E-state index in [0.717, 1.165) is 22.6 Å². The number of hydrogen-bond acceptors (Lipinski definition) is 3. The fraction of sp³-hybridized carbons (Fsp3) is 0.154. The molecule has 1 aromatic heterocycles. The molecular formula is C13H12ClN5. The van der Waals surface area contributed by atoms with Gasteiger partial charge in [-0.3, -0.25) is 5.41 Å². The van der Waals surface area contributed by atoms with Crippen molar-refractivity contribution >= 4 is 23.3 Å². The third-order valence-electron chi connectivity index (χ3n) is 3.22. The minimum Gasteiger partial charge on any atom is -0.383 e. The van der Waals surface area contributed by atoms with E-state index in [1.807, 2.05) is 32.0 Å². The fourth-order valence-corrected chi connectivity index (χ4v) is 2.39. The predicted molar refractivity (Wildman–Crippen MR) is 75.6 cm³/mol. The van der Waals surface area contributed by atoms with E-state index in [0.29, 0.717) is 16.4 Å². The van der Waals surface area contributed by atoms with E-state index in [1.54, 1.807) is 4.68 Å². The lowest BCUT2D eigenvalue weighted by Crippen LogP contribution is -2.12. The minimum atomic E-state index is 0.159. The lowest BCUT2D eigenvalue weighted by molar-refractivity contribution is 0.832. The molecule has 3 rings (SSSR count). The zero-order chi connectivity index (χ0) is 13.7. The van der Waals surface area contributed by atoms with Gasteiger partial charge in [-0.05, 0) is 19.9 Å². The van der Waals surface area contributed by atoms with E-state index in [1.165, 1.54) is 0 Å². The Bertz CT molecular complexity index is 742. The highest BCUT2D eigenvalue weighted by atomic mass is 35.5. The number of benzene rings is 1. The van der Waals surface area contributed by atoms with Gasteiger partial charge in [-0.25, -0.2) is 9.67 Å². The Hall–Kier alpha value is -2.14. The standard InChI is InChI=1S/C13H12ClN5/c1-6-11(14)7(2)19(18-6)9-5-3-4-8-10(9)13(16)17-12(8)15/h3-5H,1-2H3,(H3,15,16,17). The van der Waals surface area contributed by atoms with Crippen LogP contribution in [0.2, 0.25) is 5.02 Å². The Morgan fingerprint density at radius 3 is 2.68 bits per heavy atom. The number of fused-ring (bicyclic) bond motifs is 1. The summed E-state index contributed by atoms with van der Waals surface area (Å²) >= 11 is 6.17. The quantitative estimate of drug-likeness (QED) is 0.835. The molecule has 0 amide bonds. The van der Waals surface area contributed by atoms with Crippen LogP contribution in [0.4, 0.5) is 0 Å². The molecule has 0 spiro atoms. The third-order valence-corrected chi connectivity index (χ3v) is 3.77. The molecule has 6 heteroatoms. The molecule has 0 atom stereocenters. The van der Waals surface area contributed by atoms with Crippen molar-refractivity contribution in [2.45, 2.75) is 13.8 Å². The lowest BCUT2D eigenvalue weighted by Gasteiger charge is -2.09. The molecule has 1 aromatic carbocycles. The second-order valence-electron chi connectivity index (χ2n) is 4.44. The van der Waals surface area contributed by atoms with Crippen LogP contribution in [0.1, 0.15) is 22.5 Å². The number of nitrogens with zero attached hydrogens (tertiary/aromatic N) is 3. The van der Waals surface area contributed by atoms with Gasteiger partial charge in [0.05, 0.1) is 27.7 Å². The van der Waals surface area contributed by atoms with Gasteiger partial charge in [-0.15, -0.1) is 0 Å². The molecule has 0 saturated heterocycles. The van der Waals surface area contributed by atoms with Gasteiger partial charge in [0.15, 0.2) is 5.84 Å². The highest BCUT2D eigenvalue weighted by Gasteiger charge is 2.24. The van der Waals surface area contributed by atoms with Crippen molar-refractivity contribution in [2.24, 2.45) is 10.7 Å². The molecule has 2 heterocycles. The number of nitrogens with one attached hydrogen (secondary N) is 1. The summed E-state index contributed by atoms with van der Waals surface area (Å²) in [4.78, 5) is 4.01. The number of nitrogens with two attached hydrogens (primary N) is 1. The maximum Gasteiger partial charge on any atom is 0.157 e. The van der Waals surface area contributed by atoms with Crippen LogP contribution >= 0.6 is 11.6 Å². The van der Waals surface area contributed by atoms with Crippen molar-refractivity contribution in [3.05, 3.63) is 45.7 Å². The molecule has 96 valence electrons. The van der Waals surface area contributed by atoms with Crippen molar-refractivity contribution in [1.82, 2.24) is 9.78 Å². The first kappa shape index (κ1) is 11.9. The smallest absolute Gasteiger partial charge is 0.157 e. The van der Waals surface area contributed by atoms with E-state index < -0.39 is 0 Å². The summed E-state index contributed by atoms with van der Waals surface area (Å²) in [7, 11) is 0. The maximum absolute atomic E-state index is 7.94. The molecule has 1 aliphatic rings. The van der Waals surface area contributed by atoms with Gasteiger partial charge in [0.2, 0.25) is 0 Å². The SMILES string of the molecule is Cc1nn(-c2cccc3c2C(=N)N=C3N)c(C)c1Cl. The van der Waals surface area contributed by atoms with Crippen LogP contribution in [0.15, 0.2) is 23.2 Å². The van der Waals surface area contributed by atoms with Crippen molar-refractivity contribution in [1.29, 1.82) is 5.41 Å². The van der Waals surface area contributed by atoms with Crippen LogP contribution in [0.25, 0.3) is 5.69 Å². The third kappa shape index (κ3) is 1.58. The summed E-state index contributed by atoms with van der Waals surface area (Å²) in [5, 5.41) is 13.0. The Morgan fingerprint density at radius 2 is 2.05 bits per heavy atom. The average molecular weight is 274 g/mol. The largest absolute Gasteiger partial charge is 0.383 e. The predicted octanol–water partition coefficient (Wildman–Crippen LogP) is 2.19. The van der Waals surface area contributed by atoms with Crippen molar-refractivity contribution in [3.8, 4) is 5.69 Å². The monoisotopic (exact) mass is 273 g/mol. The number of aromatic nitrogens is 2. The van der Waals surface area contributed by atoms with Crippen molar-refractivity contribution < 1.29 is 0 Å². The van der Waals surface area contributed by atoms with Crippen LogP contribution in [-0.2, 0) is 0 Å². The first-order valence-electron chi connectivity index (χ1n) is 5.79. The average Bonchev–Trinajstić information content (AvgIpc) is 2.82. The molecule has 0 bridgehead atoms. The highest BCUT2D eigenvalue weighted by molar-refractivity contribution is 6.32. The van der Waals surface area contributed by atoms with Crippen LogP contribution in [0.3, 0.4) is 0 Å². The molecular weight excluding hydrogens is 262 g/mol.